The molecule has 0 aromatic carbocycles. The van der Waals surface area contributed by atoms with Crippen LogP contribution < -0.4 is 0 Å². The smallest absolute Gasteiger partial charge is 0.352 e. The number of carboxylic acids is 1. The molecule has 0 bridgehead atoms. The molecule has 0 fully saturated rings. The largest absolute Gasteiger partial charge is 0.477 e. The second-order valence-electron chi connectivity index (χ2n) is 4.23. The van der Waals surface area contributed by atoms with Crippen LogP contribution in [-0.2, 0) is 9.59 Å². The highest BCUT2D eigenvalue weighted by atomic mass is 16.4. The Morgan fingerprint density at radius 2 is 2.00 bits per heavy atom. The van der Waals surface area contributed by atoms with E-state index in [0.29, 0.717) is 0 Å². The molecule has 1 rings (SSSR count). The molecule has 1 heterocycles. The van der Waals surface area contributed by atoms with Gasteiger partial charge in [-0.1, -0.05) is 0 Å². The summed E-state index contributed by atoms with van der Waals surface area (Å²) in [5.41, 5.74) is -0.405. The van der Waals surface area contributed by atoms with E-state index >= 15 is 0 Å². The van der Waals surface area contributed by atoms with Crippen LogP contribution in [0.5, 0.6) is 0 Å². The summed E-state index contributed by atoms with van der Waals surface area (Å²) in [6.07, 6.45) is 0.448. The van der Waals surface area contributed by atoms with E-state index in [1.807, 2.05) is 20.8 Å². The molecule has 0 aromatic rings. The Bertz CT molecular complexity index is 302. The molecule has 1 aliphatic heterocycles. The first-order valence-electron chi connectivity index (χ1n) is 4.46. The van der Waals surface area contributed by atoms with Gasteiger partial charge in [-0.05, 0) is 20.8 Å². The number of nitrogens with zero attached hydrogens (tertiary/aromatic N) is 2. The molecule has 0 unspecified atom stereocenters. The van der Waals surface area contributed by atoms with Gasteiger partial charge in [0.25, 0.3) is 0 Å². The van der Waals surface area contributed by atoms with Crippen molar-refractivity contribution in [1.29, 1.82) is 0 Å². The minimum Gasteiger partial charge on any atom is -0.477 e. The molecule has 5 nitrogen and oxygen atoms in total. The maximum atomic E-state index is 11.4. The average molecular weight is 198 g/mol. The Morgan fingerprint density at radius 3 is 2.43 bits per heavy atom. The summed E-state index contributed by atoms with van der Waals surface area (Å²) < 4.78 is 0. The number of amides is 1. The number of rotatable bonds is 1. The van der Waals surface area contributed by atoms with E-state index in [9.17, 15) is 9.59 Å². The topological polar surface area (TPSA) is 70.0 Å². The maximum Gasteiger partial charge on any atom is 0.352 e. The van der Waals surface area contributed by atoms with Gasteiger partial charge in [0.2, 0.25) is 5.91 Å². The first-order chi connectivity index (χ1) is 6.32. The lowest BCUT2D eigenvalue weighted by Crippen LogP contribution is -2.45. The van der Waals surface area contributed by atoms with Gasteiger partial charge in [0, 0.05) is 12.8 Å². The molecule has 0 saturated carbocycles. The third kappa shape index (κ3) is 2.10. The molecular weight excluding hydrogens is 184 g/mol. The van der Waals surface area contributed by atoms with Crippen molar-refractivity contribution in [3.05, 3.63) is 0 Å². The number of hydrogen-bond donors (Lipinski definition) is 1. The quantitative estimate of drug-likeness (QED) is 0.679. The average Bonchev–Trinajstić information content (AvgIpc) is 2.02. The van der Waals surface area contributed by atoms with Crippen molar-refractivity contribution in [3.63, 3.8) is 0 Å². The number of aliphatic carboxylic acids is 1. The maximum absolute atomic E-state index is 11.4. The van der Waals surface area contributed by atoms with Gasteiger partial charge in [0.1, 0.15) is 5.71 Å². The van der Waals surface area contributed by atoms with Crippen LogP contribution in [0.15, 0.2) is 5.10 Å². The predicted molar refractivity (Wildman–Crippen MR) is 50.9 cm³/mol. The predicted octanol–water partition coefficient (Wildman–Crippen LogP) is 0.848. The highest BCUT2D eigenvalue weighted by Gasteiger charge is 2.31. The SMILES string of the molecule is CC(C)(C)N1N=C(C(=O)O)CCC1=O. The summed E-state index contributed by atoms with van der Waals surface area (Å²) in [6, 6.07) is 0. The van der Waals surface area contributed by atoms with Crippen LogP contribution in [-0.4, -0.2) is 33.2 Å². The standard InChI is InChI=1S/C9H14N2O3/c1-9(2,3)11-7(12)5-4-6(10-11)8(13)14/h4-5H2,1-3H3,(H,13,14). The lowest BCUT2D eigenvalue weighted by molar-refractivity contribution is -0.137. The Hall–Kier alpha value is -1.39. The lowest BCUT2D eigenvalue weighted by Gasteiger charge is -2.33. The summed E-state index contributed by atoms with van der Waals surface area (Å²) in [4.78, 5) is 22.1. The fourth-order valence-electron chi connectivity index (χ4n) is 1.23. The van der Waals surface area contributed by atoms with E-state index in [4.69, 9.17) is 5.11 Å². The monoisotopic (exact) mass is 198 g/mol. The highest BCUT2D eigenvalue weighted by molar-refractivity contribution is 6.36. The lowest BCUT2D eigenvalue weighted by atomic mass is 10.1. The molecule has 0 saturated heterocycles. The van der Waals surface area contributed by atoms with Crippen LogP contribution in [0.3, 0.4) is 0 Å². The van der Waals surface area contributed by atoms with Crippen molar-refractivity contribution in [3.8, 4) is 0 Å². The highest BCUT2D eigenvalue weighted by Crippen LogP contribution is 2.20. The molecule has 14 heavy (non-hydrogen) atoms. The fourth-order valence-corrected chi connectivity index (χ4v) is 1.23. The summed E-state index contributed by atoms with van der Waals surface area (Å²) >= 11 is 0. The molecule has 0 radical (unpaired) electrons. The first kappa shape index (κ1) is 10.7. The van der Waals surface area contributed by atoms with E-state index in [2.05, 4.69) is 5.10 Å². The van der Waals surface area contributed by atoms with Gasteiger partial charge >= 0.3 is 5.97 Å². The van der Waals surface area contributed by atoms with Crippen LogP contribution in [0, 0.1) is 0 Å². The zero-order chi connectivity index (χ0) is 10.9. The number of hydrazone groups is 1. The Balaban J connectivity index is 2.98. The molecule has 0 aromatic heterocycles. The Labute approximate surface area is 82.4 Å². The summed E-state index contributed by atoms with van der Waals surface area (Å²) in [5, 5.41) is 13.8. The summed E-state index contributed by atoms with van der Waals surface area (Å²) in [6.45, 7) is 5.46. The normalized spacial score (nSPS) is 18.1. The first-order valence-corrected chi connectivity index (χ1v) is 4.46. The minimum absolute atomic E-state index is 0.0551. The second-order valence-corrected chi connectivity index (χ2v) is 4.23. The van der Waals surface area contributed by atoms with Crippen LogP contribution in [0.4, 0.5) is 0 Å². The van der Waals surface area contributed by atoms with Crippen LogP contribution in [0.25, 0.3) is 0 Å². The number of carboxylic acid groups (broad SMARTS) is 1. The van der Waals surface area contributed by atoms with E-state index in [0.717, 1.165) is 0 Å². The van der Waals surface area contributed by atoms with E-state index in [1.54, 1.807) is 0 Å². The van der Waals surface area contributed by atoms with Gasteiger partial charge in [-0.25, -0.2) is 9.80 Å². The zero-order valence-electron chi connectivity index (χ0n) is 8.57. The Morgan fingerprint density at radius 1 is 1.43 bits per heavy atom. The Kier molecular flexibility index (Phi) is 2.59. The van der Waals surface area contributed by atoms with Crippen LogP contribution >= 0.6 is 0 Å². The molecule has 1 amide bonds. The van der Waals surface area contributed by atoms with Gasteiger partial charge in [-0.2, -0.15) is 5.10 Å². The third-order valence-electron chi connectivity index (χ3n) is 1.91. The summed E-state index contributed by atoms with van der Waals surface area (Å²) in [5.74, 6) is -1.17. The van der Waals surface area contributed by atoms with Crippen molar-refractivity contribution in [2.24, 2.45) is 5.10 Å². The third-order valence-corrected chi connectivity index (χ3v) is 1.91. The van der Waals surface area contributed by atoms with Crippen molar-refractivity contribution in [1.82, 2.24) is 5.01 Å². The molecule has 78 valence electrons. The second kappa shape index (κ2) is 3.40. The van der Waals surface area contributed by atoms with Crippen molar-refractivity contribution >= 4 is 17.6 Å². The molecular formula is C9H14N2O3. The molecule has 5 heteroatoms. The molecule has 0 spiro atoms. The van der Waals surface area contributed by atoms with Crippen molar-refractivity contribution in [2.45, 2.75) is 39.2 Å². The molecule has 0 aliphatic carbocycles. The molecule has 1 aliphatic rings. The van der Waals surface area contributed by atoms with Gasteiger partial charge in [0.15, 0.2) is 0 Å². The van der Waals surface area contributed by atoms with E-state index in [-0.39, 0.29) is 24.5 Å². The van der Waals surface area contributed by atoms with Crippen LogP contribution in [0.1, 0.15) is 33.6 Å². The zero-order valence-corrected chi connectivity index (χ0v) is 8.57. The van der Waals surface area contributed by atoms with Crippen LogP contribution in [0.2, 0.25) is 0 Å². The van der Waals surface area contributed by atoms with Gasteiger partial charge in [0.05, 0.1) is 5.54 Å². The molecule has 0 atom stereocenters. The van der Waals surface area contributed by atoms with Crippen molar-refractivity contribution < 1.29 is 14.7 Å². The number of hydrogen-bond acceptors (Lipinski definition) is 3. The van der Waals surface area contributed by atoms with E-state index < -0.39 is 11.5 Å². The summed E-state index contributed by atoms with van der Waals surface area (Å²) in [7, 11) is 0. The van der Waals surface area contributed by atoms with Gasteiger partial charge in [-0.3, -0.25) is 4.79 Å². The van der Waals surface area contributed by atoms with Gasteiger partial charge in [-0.15, -0.1) is 0 Å². The van der Waals surface area contributed by atoms with E-state index in [1.165, 1.54) is 5.01 Å². The number of carbonyl (C=O) groups excluding carboxylic acids is 1. The van der Waals surface area contributed by atoms with Gasteiger partial charge < -0.3 is 5.11 Å². The fraction of sp³-hybridized carbons (Fsp3) is 0.667. The molecule has 1 N–H and O–H groups in total. The number of carbonyl (C=O) groups is 2. The van der Waals surface area contributed by atoms with Crippen molar-refractivity contribution in [2.75, 3.05) is 0 Å². The minimum atomic E-state index is -1.05.